The van der Waals surface area contributed by atoms with Crippen LogP contribution in [0.15, 0.2) is 30.3 Å². The van der Waals surface area contributed by atoms with Crippen LogP contribution in [0.4, 0.5) is 0 Å². The fourth-order valence-corrected chi connectivity index (χ4v) is 2.87. The van der Waals surface area contributed by atoms with Crippen LogP contribution in [0, 0.1) is 4.77 Å². The van der Waals surface area contributed by atoms with Gasteiger partial charge in [-0.25, -0.2) is 4.68 Å². The summed E-state index contributed by atoms with van der Waals surface area (Å²) in [6, 6.07) is 10.2. The fraction of sp³-hybridized carbons (Fsp3) is 0.467. The normalized spacial score (nSPS) is 16.2. The van der Waals surface area contributed by atoms with Gasteiger partial charge in [0.1, 0.15) is 0 Å². The highest BCUT2D eigenvalue weighted by molar-refractivity contribution is 7.71. The fourth-order valence-electron chi connectivity index (χ4n) is 2.55. The van der Waals surface area contributed by atoms with Crippen molar-refractivity contribution in [1.29, 1.82) is 0 Å². The summed E-state index contributed by atoms with van der Waals surface area (Å²) in [7, 11) is 0. The molecule has 2 heterocycles. The van der Waals surface area contributed by atoms with Crippen molar-refractivity contribution < 1.29 is 4.74 Å². The van der Waals surface area contributed by atoms with Crippen LogP contribution in [0.25, 0.3) is 11.4 Å². The third kappa shape index (κ3) is 3.07. The van der Waals surface area contributed by atoms with Crippen LogP contribution in [0.2, 0.25) is 0 Å². The zero-order valence-electron chi connectivity index (χ0n) is 12.2. The number of ether oxygens (including phenoxy) is 1. The Bertz CT molecular complexity index is 643. The van der Waals surface area contributed by atoms with Crippen molar-refractivity contribution >= 4 is 12.2 Å². The Morgan fingerprint density at radius 1 is 1.19 bits per heavy atom. The minimum Gasteiger partial charge on any atom is -0.379 e. The molecule has 21 heavy (non-hydrogen) atoms. The van der Waals surface area contributed by atoms with Gasteiger partial charge >= 0.3 is 0 Å². The molecule has 1 fully saturated rings. The predicted molar refractivity (Wildman–Crippen MR) is 84.6 cm³/mol. The Hall–Kier alpha value is -1.50. The second kappa shape index (κ2) is 6.51. The quantitative estimate of drug-likeness (QED) is 0.813. The number of morpholine rings is 1. The van der Waals surface area contributed by atoms with E-state index in [-0.39, 0.29) is 0 Å². The molecule has 1 saturated heterocycles. The second-order valence-electron chi connectivity index (χ2n) is 5.09. The monoisotopic (exact) mass is 304 g/mol. The van der Waals surface area contributed by atoms with Crippen molar-refractivity contribution in [2.24, 2.45) is 0 Å². The van der Waals surface area contributed by atoms with E-state index in [0.29, 0.717) is 0 Å². The van der Waals surface area contributed by atoms with Crippen molar-refractivity contribution in [3.63, 3.8) is 0 Å². The first-order valence-corrected chi connectivity index (χ1v) is 7.73. The van der Waals surface area contributed by atoms with Crippen LogP contribution in [0.3, 0.4) is 0 Å². The number of rotatable bonds is 4. The molecule has 0 atom stereocenters. The van der Waals surface area contributed by atoms with E-state index in [1.165, 1.54) is 0 Å². The van der Waals surface area contributed by atoms with Crippen LogP contribution in [-0.2, 0) is 18.0 Å². The molecule has 2 aromatic rings. The summed E-state index contributed by atoms with van der Waals surface area (Å²) in [4.78, 5) is 2.32. The van der Waals surface area contributed by atoms with Gasteiger partial charge in [-0.2, -0.15) is 5.10 Å². The maximum Gasteiger partial charge on any atom is 0.199 e. The third-order valence-electron chi connectivity index (χ3n) is 3.71. The molecule has 1 aromatic heterocycles. The van der Waals surface area contributed by atoms with Crippen LogP contribution in [-0.4, -0.2) is 45.6 Å². The van der Waals surface area contributed by atoms with E-state index in [9.17, 15) is 0 Å². The van der Waals surface area contributed by atoms with Gasteiger partial charge in [-0.15, -0.1) is 0 Å². The number of benzene rings is 1. The summed E-state index contributed by atoms with van der Waals surface area (Å²) in [5, 5.41) is 4.74. The molecular weight excluding hydrogens is 284 g/mol. The van der Waals surface area contributed by atoms with Crippen LogP contribution < -0.4 is 0 Å². The molecule has 0 saturated carbocycles. The van der Waals surface area contributed by atoms with Gasteiger partial charge in [0.05, 0.1) is 19.9 Å². The SMILES string of the molecule is CCn1c(-c2ccccc2)nn(CN2CCOCC2)c1=S. The summed E-state index contributed by atoms with van der Waals surface area (Å²) in [5.41, 5.74) is 1.10. The lowest BCUT2D eigenvalue weighted by atomic mass is 10.2. The topological polar surface area (TPSA) is 35.2 Å². The highest BCUT2D eigenvalue weighted by atomic mass is 32.1. The molecule has 0 bridgehead atoms. The van der Waals surface area contributed by atoms with E-state index in [4.69, 9.17) is 22.1 Å². The van der Waals surface area contributed by atoms with E-state index in [1.54, 1.807) is 0 Å². The summed E-state index contributed by atoms with van der Waals surface area (Å²) in [6.07, 6.45) is 0. The van der Waals surface area contributed by atoms with Gasteiger partial charge in [0.15, 0.2) is 10.6 Å². The third-order valence-corrected chi connectivity index (χ3v) is 4.14. The molecule has 1 aliphatic rings. The maximum absolute atomic E-state index is 5.59. The van der Waals surface area contributed by atoms with Crippen molar-refractivity contribution in [1.82, 2.24) is 19.2 Å². The molecule has 1 aliphatic heterocycles. The Kier molecular flexibility index (Phi) is 4.48. The predicted octanol–water partition coefficient (Wildman–Crippen LogP) is 2.39. The average Bonchev–Trinajstić information content (AvgIpc) is 2.85. The van der Waals surface area contributed by atoms with Crippen molar-refractivity contribution in [3.05, 3.63) is 35.1 Å². The summed E-state index contributed by atoms with van der Waals surface area (Å²) >= 11 is 5.59. The number of hydrogen-bond donors (Lipinski definition) is 0. The van der Waals surface area contributed by atoms with E-state index < -0.39 is 0 Å². The Balaban J connectivity index is 1.92. The molecule has 0 aliphatic carbocycles. The van der Waals surface area contributed by atoms with Gasteiger partial charge in [0.2, 0.25) is 0 Å². The molecular formula is C15H20N4OS. The largest absolute Gasteiger partial charge is 0.379 e. The number of aromatic nitrogens is 3. The minimum atomic E-state index is 0.731. The zero-order valence-corrected chi connectivity index (χ0v) is 13.1. The first-order chi connectivity index (χ1) is 10.3. The standard InChI is InChI=1S/C15H20N4OS/c1-2-18-14(13-6-4-3-5-7-13)16-19(15(18)21)12-17-8-10-20-11-9-17/h3-7H,2,8-12H2,1H3. The van der Waals surface area contributed by atoms with Crippen molar-refractivity contribution in [3.8, 4) is 11.4 Å². The van der Waals surface area contributed by atoms with Crippen LogP contribution in [0.1, 0.15) is 6.92 Å². The van der Waals surface area contributed by atoms with E-state index in [1.807, 2.05) is 22.9 Å². The Morgan fingerprint density at radius 3 is 2.57 bits per heavy atom. The lowest BCUT2D eigenvalue weighted by molar-refractivity contribution is 0.0209. The number of nitrogens with zero attached hydrogens (tertiary/aromatic N) is 4. The average molecular weight is 304 g/mol. The van der Waals surface area contributed by atoms with Gasteiger partial charge in [-0.3, -0.25) is 4.90 Å². The molecule has 3 rings (SSSR count). The van der Waals surface area contributed by atoms with Crippen LogP contribution in [0.5, 0.6) is 0 Å². The van der Waals surface area contributed by atoms with E-state index in [2.05, 4.69) is 28.5 Å². The lowest BCUT2D eigenvalue weighted by Crippen LogP contribution is -2.37. The molecule has 0 unspecified atom stereocenters. The van der Waals surface area contributed by atoms with Crippen LogP contribution >= 0.6 is 12.2 Å². The Morgan fingerprint density at radius 2 is 1.90 bits per heavy atom. The van der Waals surface area contributed by atoms with Gasteiger partial charge in [-0.05, 0) is 19.1 Å². The van der Waals surface area contributed by atoms with Gasteiger partial charge in [0.25, 0.3) is 0 Å². The smallest absolute Gasteiger partial charge is 0.199 e. The van der Waals surface area contributed by atoms with Gasteiger partial charge < -0.3 is 9.30 Å². The molecule has 5 nitrogen and oxygen atoms in total. The highest BCUT2D eigenvalue weighted by Crippen LogP contribution is 2.18. The zero-order chi connectivity index (χ0) is 14.7. The molecule has 1 aromatic carbocycles. The summed E-state index contributed by atoms with van der Waals surface area (Å²) in [6.45, 7) is 7.09. The molecule has 0 N–H and O–H groups in total. The summed E-state index contributed by atoms with van der Waals surface area (Å²) in [5.74, 6) is 0.941. The second-order valence-corrected chi connectivity index (χ2v) is 5.45. The maximum atomic E-state index is 5.59. The Labute approximate surface area is 129 Å². The van der Waals surface area contributed by atoms with Crippen molar-refractivity contribution in [2.45, 2.75) is 20.1 Å². The highest BCUT2D eigenvalue weighted by Gasteiger charge is 2.15. The molecule has 0 amide bonds. The van der Waals surface area contributed by atoms with E-state index in [0.717, 1.165) is 55.7 Å². The molecule has 6 heteroatoms. The summed E-state index contributed by atoms with van der Waals surface area (Å²) < 4.78 is 10.2. The van der Waals surface area contributed by atoms with E-state index >= 15 is 0 Å². The van der Waals surface area contributed by atoms with Gasteiger partial charge in [-0.1, -0.05) is 30.3 Å². The first-order valence-electron chi connectivity index (χ1n) is 7.32. The molecule has 0 spiro atoms. The minimum absolute atomic E-state index is 0.731. The molecule has 0 radical (unpaired) electrons. The number of hydrogen-bond acceptors (Lipinski definition) is 4. The lowest BCUT2D eigenvalue weighted by Gasteiger charge is -2.26. The first kappa shape index (κ1) is 14.4. The molecule has 112 valence electrons. The van der Waals surface area contributed by atoms with Crippen molar-refractivity contribution in [2.75, 3.05) is 26.3 Å². The van der Waals surface area contributed by atoms with Gasteiger partial charge in [0, 0.05) is 25.2 Å².